The van der Waals surface area contributed by atoms with E-state index in [4.69, 9.17) is 0 Å². The average molecular weight is 350 g/mol. The fraction of sp³-hybridized carbons (Fsp3) is 0.136. The summed E-state index contributed by atoms with van der Waals surface area (Å²) in [7, 11) is -2.31. The van der Waals surface area contributed by atoms with Crippen LogP contribution >= 0.6 is 7.80 Å². The van der Waals surface area contributed by atoms with Gasteiger partial charge in [0.2, 0.25) is 0 Å². The number of carbonyl (C=O) groups is 1. The highest BCUT2D eigenvalue weighted by atomic mass is 31.1. The Bertz CT molecular complexity index is 820. The summed E-state index contributed by atoms with van der Waals surface area (Å²) in [5.74, 6) is 0. The zero-order valence-electron chi connectivity index (χ0n) is 14.8. The van der Waals surface area contributed by atoms with Gasteiger partial charge in [-0.1, -0.05) is 89.5 Å². The molecule has 0 fully saturated rings. The molecular formula is C22H23O2P. The molecule has 0 bridgehead atoms. The summed E-state index contributed by atoms with van der Waals surface area (Å²) in [5, 5.41) is 0.633. The van der Waals surface area contributed by atoms with E-state index in [0.29, 0.717) is 11.3 Å². The van der Waals surface area contributed by atoms with E-state index in [1.165, 1.54) is 16.7 Å². The molecule has 0 radical (unpaired) electrons. The van der Waals surface area contributed by atoms with Crippen LogP contribution in [0.1, 0.15) is 16.7 Å². The Morgan fingerprint density at radius 2 is 1.20 bits per heavy atom. The minimum Gasteiger partial charge on any atom is -0.314 e. The van der Waals surface area contributed by atoms with E-state index in [1.807, 2.05) is 42.5 Å². The summed E-state index contributed by atoms with van der Waals surface area (Å²) in [6.45, 7) is 6.38. The van der Waals surface area contributed by atoms with Crippen LogP contribution in [-0.4, -0.2) is 6.03 Å². The number of benzene rings is 3. The molecule has 0 amide bonds. The van der Waals surface area contributed by atoms with E-state index in [-0.39, 0.29) is 0 Å². The Morgan fingerprint density at radius 3 is 1.72 bits per heavy atom. The first-order valence-electron chi connectivity index (χ1n) is 8.20. The van der Waals surface area contributed by atoms with Gasteiger partial charge < -0.3 is 4.57 Å². The lowest BCUT2D eigenvalue weighted by atomic mass is 10.1. The minimum absolute atomic E-state index is 0.534. The van der Waals surface area contributed by atoms with E-state index >= 15 is 0 Å². The fourth-order valence-electron chi connectivity index (χ4n) is 2.83. The molecule has 3 heteroatoms. The van der Waals surface area contributed by atoms with Gasteiger partial charge in [-0.05, 0) is 31.9 Å². The second-order valence-electron chi connectivity index (χ2n) is 6.06. The Hall–Kier alpha value is -2.44. The molecule has 25 heavy (non-hydrogen) atoms. The second kappa shape index (κ2) is 9.15. The first-order valence-corrected chi connectivity index (χ1v) is 9.68. The van der Waals surface area contributed by atoms with Gasteiger partial charge in [-0.2, -0.15) is 0 Å². The van der Waals surface area contributed by atoms with E-state index < -0.39 is 7.80 Å². The molecule has 0 N–H and O–H groups in total. The molecule has 0 saturated heterocycles. The maximum Gasteiger partial charge on any atom is 0.180 e. The highest BCUT2D eigenvalue weighted by molar-refractivity contribution is 7.68. The minimum atomic E-state index is -2.31. The van der Waals surface area contributed by atoms with Crippen LogP contribution in [0.3, 0.4) is 0 Å². The van der Waals surface area contributed by atoms with Gasteiger partial charge >= 0.3 is 0 Å². The molecule has 3 aromatic carbocycles. The summed E-state index contributed by atoms with van der Waals surface area (Å²) < 4.78 is 11.6. The first kappa shape index (κ1) is 18.9. The van der Waals surface area contributed by atoms with Gasteiger partial charge in [0.1, 0.15) is 0 Å². The Labute approximate surface area is 150 Å². The molecule has 2 nitrogen and oxygen atoms in total. The van der Waals surface area contributed by atoms with Crippen molar-refractivity contribution >= 4 is 19.1 Å². The zero-order chi connectivity index (χ0) is 18.2. The van der Waals surface area contributed by atoms with Crippen LogP contribution in [-0.2, 0) is 9.36 Å². The van der Waals surface area contributed by atoms with Crippen molar-refractivity contribution in [1.29, 1.82) is 0 Å². The molecular weight excluding hydrogens is 327 g/mol. The molecule has 1 atom stereocenters. The van der Waals surface area contributed by atoms with Gasteiger partial charge in [0.05, 0.1) is 0 Å². The van der Waals surface area contributed by atoms with Gasteiger partial charge in [0.15, 0.2) is 13.8 Å². The normalized spacial score (nSPS) is 11.2. The van der Waals surface area contributed by atoms with Crippen molar-refractivity contribution in [1.82, 2.24) is 0 Å². The largest absolute Gasteiger partial charge is 0.314 e. The summed E-state index contributed by atoms with van der Waals surface area (Å²) >= 11 is 0. The van der Waals surface area contributed by atoms with Crippen LogP contribution in [0.5, 0.6) is 0 Å². The first-order chi connectivity index (χ1) is 12.0. The Balaban J connectivity index is 0.000000212. The SMILES string of the molecule is Cc1cc(C)cc(C)c1.O=C[PH](=O)c1ccccc1-c1ccccc1. The van der Waals surface area contributed by atoms with E-state index in [2.05, 4.69) is 39.0 Å². The summed E-state index contributed by atoms with van der Waals surface area (Å²) in [6, 6.07) is 24.1. The van der Waals surface area contributed by atoms with E-state index in [9.17, 15) is 9.36 Å². The molecule has 3 aromatic rings. The van der Waals surface area contributed by atoms with Crippen molar-refractivity contribution in [2.24, 2.45) is 0 Å². The number of carbonyl (C=O) groups excluding carboxylic acids is 1. The van der Waals surface area contributed by atoms with Crippen LogP contribution in [0.15, 0.2) is 72.8 Å². The predicted molar refractivity (Wildman–Crippen MR) is 108 cm³/mol. The van der Waals surface area contributed by atoms with Crippen LogP contribution in [0.4, 0.5) is 0 Å². The molecule has 0 aromatic heterocycles. The summed E-state index contributed by atoms with van der Waals surface area (Å²) in [6.07, 6.45) is 0. The van der Waals surface area contributed by atoms with Gasteiger partial charge in [-0.3, -0.25) is 4.79 Å². The molecule has 0 spiro atoms. The third-order valence-corrected chi connectivity index (χ3v) is 4.93. The third-order valence-electron chi connectivity index (χ3n) is 3.75. The lowest BCUT2D eigenvalue weighted by Gasteiger charge is -2.06. The second-order valence-corrected chi connectivity index (χ2v) is 7.56. The van der Waals surface area contributed by atoms with Gasteiger partial charge in [-0.25, -0.2) is 0 Å². The van der Waals surface area contributed by atoms with Crippen molar-refractivity contribution in [3.63, 3.8) is 0 Å². The molecule has 128 valence electrons. The number of hydrogen-bond donors (Lipinski definition) is 0. The van der Waals surface area contributed by atoms with Gasteiger partial charge in [-0.15, -0.1) is 0 Å². The molecule has 0 saturated carbocycles. The zero-order valence-corrected chi connectivity index (χ0v) is 15.8. The lowest BCUT2D eigenvalue weighted by Crippen LogP contribution is -2.01. The van der Waals surface area contributed by atoms with Crippen molar-refractivity contribution in [3.05, 3.63) is 89.5 Å². The van der Waals surface area contributed by atoms with Gasteiger partial charge in [0, 0.05) is 5.30 Å². The van der Waals surface area contributed by atoms with Crippen molar-refractivity contribution in [2.75, 3.05) is 0 Å². The molecule has 0 aliphatic heterocycles. The number of hydrogen-bond acceptors (Lipinski definition) is 2. The maximum absolute atomic E-state index is 11.6. The van der Waals surface area contributed by atoms with Gasteiger partial charge in [0.25, 0.3) is 0 Å². The summed E-state index contributed by atoms with van der Waals surface area (Å²) in [4.78, 5) is 10.6. The Kier molecular flexibility index (Phi) is 6.91. The van der Waals surface area contributed by atoms with Crippen molar-refractivity contribution in [3.8, 4) is 11.1 Å². The smallest absolute Gasteiger partial charge is 0.180 e. The van der Waals surface area contributed by atoms with Crippen LogP contribution in [0.25, 0.3) is 11.1 Å². The highest BCUT2D eigenvalue weighted by Gasteiger charge is 2.08. The number of aryl methyl sites for hydroxylation is 3. The molecule has 3 rings (SSSR count). The van der Waals surface area contributed by atoms with E-state index in [0.717, 1.165) is 11.1 Å². The third kappa shape index (κ3) is 5.55. The average Bonchev–Trinajstić information content (AvgIpc) is 2.61. The van der Waals surface area contributed by atoms with Crippen molar-refractivity contribution < 1.29 is 9.36 Å². The summed E-state index contributed by atoms with van der Waals surface area (Å²) in [5.41, 5.74) is 5.92. The van der Waals surface area contributed by atoms with E-state index in [1.54, 1.807) is 12.1 Å². The molecule has 0 heterocycles. The Morgan fingerprint density at radius 1 is 0.720 bits per heavy atom. The monoisotopic (exact) mass is 350 g/mol. The topological polar surface area (TPSA) is 34.1 Å². The molecule has 0 aliphatic rings. The maximum atomic E-state index is 11.6. The van der Waals surface area contributed by atoms with Crippen LogP contribution in [0, 0.1) is 20.8 Å². The predicted octanol–water partition coefficient (Wildman–Crippen LogP) is 5.34. The quantitative estimate of drug-likeness (QED) is 0.472. The number of rotatable bonds is 3. The van der Waals surface area contributed by atoms with Crippen LogP contribution < -0.4 is 5.30 Å². The fourth-order valence-corrected chi connectivity index (χ4v) is 3.71. The van der Waals surface area contributed by atoms with Crippen molar-refractivity contribution in [2.45, 2.75) is 20.8 Å². The molecule has 0 aliphatic carbocycles. The molecule has 1 unspecified atom stereocenters. The standard InChI is InChI=1S/C13H11O2P.C9H12/c14-10-16(15)13-9-5-4-8-12(13)11-6-2-1-3-7-11;1-7-4-8(2)6-9(3)5-7/h1-10,16H;4-6H,1-3H3. The van der Waals surface area contributed by atoms with Crippen LogP contribution in [0.2, 0.25) is 0 Å². The lowest BCUT2D eigenvalue weighted by molar-refractivity contribution is 0.560. The highest BCUT2D eigenvalue weighted by Crippen LogP contribution is 2.25.